The first kappa shape index (κ1) is 10.5. The molecule has 0 amide bonds. The van der Waals surface area contributed by atoms with Crippen molar-refractivity contribution in [2.24, 2.45) is 0 Å². The Morgan fingerprint density at radius 1 is 1.50 bits per heavy atom. The number of fused-ring (bicyclic) bond motifs is 1. The summed E-state index contributed by atoms with van der Waals surface area (Å²) in [6, 6.07) is 0. The molecule has 0 aromatic carbocycles. The van der Waals surface area contributed by atoms with Crippen molar-refractivity contribution in [3.63, 3.8) is 0 Å². The number of imidazole rings is 1. The number of nitrogens with zero attached hydrogens (tertiary/aromatic N) is 4. The van der Waals surface area contributed by atoms with Crippen molar-refractivity contribution in [1.29, 1.82) is 0 Å². The van der Waals surface area contributed by atoms with Gasteiger partial charge in [-0.1, -0.05) is 0 Å². The summed E-state index contributed by atoms with van der Waals surface area (Å²) in [4.78, 5) is 23.3. The Bertz CT molecular complexity index is 522. The van der Waals surface area contributed by atoms with Gasteiger partial charge in [0.15, 0.2) is 17.2 Å². The molecule has 0 bridgehead atoms. The average molecular weight is 221 g/mol. The van der Waals surface area contributed by atoms with Crippen molar-refractivity contribution in [3.05, 3.63) is 12.7 Å². The van der Waals surface area contributed by atoms with Crippen molar-refractivity contribution in [1.82, 2.24) is 19.5 Å². The summed E-state index contributed by atoms with van der Waals surface area (Å²) < 4.78 is 6.37. The van der Waals surface area contributed by atoms with E-state index in [1.807, 2.05) is 0 Å². The van der Waals surface area contributed by atoms with Crippen LogP contribution in [0.1, 0.15) is 0 Å². The normalized spacial score (nSPS) is 10.8. The maximum absolute atomic E-state index is 11.4. The Morgan fingerprint density at radius 3 is 3.06 bits per heavy atom. The standard InChI is InChI=1S/C9H11N5O2/c1-16-3-6(15)2-14-5-13-7-8(10)11-4-12-9(7)14/h4-5H,2-3H2,1H3,(H2,10,11,12). The third kappa shape index (κ3) is 1.84. The fourth-order valence-electron chi connectivity index (χ4n) is 1.41. The predicted octanol–water partition coefficient (Wildman–Crippen LogP) is -0.376. The van der Waals surface area contributed by atoms with Gasteiger partial charge in [0.25, 0.3) is 0 Å². The molecular formula is C9H11N5O2. The van der Waals surface area contributed by atoms with Crippen LogP contribution in [0.4, 0.5) is 5.82 Å². The van der Waals surface area contributed by atoms with Crippen molar-refractivity contribution in [2.75, 3.05) is 19.5 Å². The van der Waals surface area contributed by atoms with Crippen LogP contribution in [0.15, 0.2) is 12.7 Å². The highest BCUT2D eigenvalue weighted by Gasteiger charge is 2.10. The molecule has 0 unspecified atom stereocenters. The second-order valence-corrected chi connectivity index (χ2v) is 3.28. The molecule has 0 aliphatic rings. The summed E-state index contributed by atoms with van der Waals surface area (Å²) in [6.07, 6.45) is 2.86. The molecule has 0 fully saturated rings. The molecule has 2 rings (SSSR count). The molecule has 0 aliphatic carbocycles. The van der Waals surface area contributed by atoms with Crippen molar-refractivity contribution in [3.8, 4) is 0 Å². The smallest absolute Gasteiger partial charge is 0.178 e. The van der Waals surface area contributed by atoms with Gasteiger partial charge in [-0.3, -0.25) is 4.79 Å². The van der Waals surface area contributed by atoms with Crippen molar-refractivity contribution >= 4 is 22.8 Å². The molecule has 0 aliphatic heterocycles. The number of nitrogens with two attached hydrogens (primary N) is 1. The Labute approximate surface area is 91.3 Å². The third-order valence-corrected chi connectivity index (χ3v) is 2.08. The predicted molar refractivity (Wildman–Crippen MR) is 56.6 cm³/mol. The topological polar surface area (TPSA) is 95.9 Å². The van der Waals surface area contributed by atoms with Crippen LogP contribution in [-0.2, 0) is 16.1 Å². The van der Waals surface area contributed by atoms with Gasteiger partial charge in [0.05, 0.1) is 12.9 Å². The average Bonchev–Trinajstić information content (AvgIpc) is 2.64. The molecule has 0 saturated carbocycles. The van der Waals surface area contributed by atoms with Crippen LogP contribution in [0.5, 0.6) is 0 Å². The Balaban J connectivity index is 2.32. The lowest BCUT2D eigenvalue weighted by atomic mass is 10.4. The zero-order chi connectivity index (χ0) is 11.5. The van der Waals surface area contributed by atoms with E-state index in [1.165, 1.54) is 19.8 Å². The highest BCUT2D eigenvalue weighted by atomic mass is 16.5. The van der Waals surface area contributed by atoms with Gasteiger partial charge in [0.2, 0.25) is 0 Å². The van der Waals surface area contributed by atoms with Crippen molar-refractivity contribution < 1.29 is 9.53 Å². The molecule has 0 atom stereocenters. The molecule has 2 heterocycles. The number of carbonyl (C=O) groups is 1. The Kier molecular flexibility index (Phi) is 2.78. The number of Topliss-reactive ketones (excluding diaryl/α,β-unsaturated/α-hetero) is 1. The van der Waals surface area contributed by atoms with Gasteiger partial charge < -0.3 is 15.0 Å². The van der Waals surface area contributed by atoms with Crippen LogP contribution >= 0.6 is 0 Å². The lowest BCUT2D eigenvalue weighted by Gasteiger charge is -2.01. The van der Waals surface area contributed by atoms with E-state index in [4.69, 9.17) is 10.5 Å². The van der Waals surface area contributed by atoms with Gasteiger partial charge in [-0.2, -0.15) is 0 Å². The highest BCUT2D eigenvalue weighted by molar-refractivity contribution is 5.84. The maximum Gasteiger partial charge on any atom is 0.178 e. The van der Waals surface area contributed by atoms with Crippen LogP contribution in [0.25, 0.3) is 11.2 Å². The number of carbonyl (C=O) groups excluding carboxylic acids is 1. The first-order valence-electron chi connectivity index (χ1n) is 4.64. The Morgan fingerprint density at radius 2 is 2.31 bits per heavy atom. The van der Waals surface area contributed by atoms with Crippen LogP contribution in [0.3, 0.4) is 0 Å². The molecule has 7 nitrogen and oxygen atoms in total. The summed E-state index contributed by atoms with van der Waals surface area (Å²) in [5, 5.41) is 0. The maximum atomic E-state index is 11.4. The number of anilines is 1. The molecule has 16 heavy (non-hydrogen) atoms. The zero-order valence-electron chi connectivity index (χ0n) is 8.75. The van der Waals surface area contributed by atoms with Gasteiger partial charge >= 0.3 is 0 Å². The fraction of sp³-hybridized carbons (Fsp3) is 0.333. The monoisotopic (exact) mass is 221 g/mol. The third-order valence-electron chi connectivity index (χ3n) is 2.08. The first-order chi connectivity index (χ1) is 7.72. The zero-order valence-corrected chi connectivity index (χ0v) is 8.75. The molecule has 2 aromatic rings. The number of aromatic nitrogens is 4. The minimum absolute atomic E-state index is 0.0565. The lowest BCUT2D eigenvalue weighted by Crippen LogP contribution is -2.14. The summed E-state index contributed by atoms with van der Waals surface area (Å²) in [6.45, 7) is 0.237. The lowest BCUT2D eigenvalue weighted by molar-refractivity contribution is -0.123. The molecule has 0 radical (unpaired) electrons. The first-order valence-corrected chi connectivity index (χ1v) is 4.64. The van der Waals surface area contributed by atoms with E-state index in [9.17, 15) is 4.79 Å². The molecule has 7 heteroatoms. The van der Waals surface area contributed by atoms with E-state index < -0.39 is 0 Å². The number of hydrogen-bond acceptors (Lipinski definition) is 6. The number of ether oxygens (including phenoxy) is 1. The quantitative estimate of drug-likeness (QED) is 0.756. The van der Waals surface area contributed by atoms with Crippen LogP contribution in [0.2, 0.25) is 0 Å². The molecular weight excluding hydrogens is 210 g/mol. The number of methoxy groups -OCH3 is 1. The van der Waals surface area contributed by atoms with E-state index in [2.05, 4.69) is 15.0 Å². The fourth-order valence-corrected chi connectivity index (χ4v) is 1.41. The summed E-state index contributed by atoms with van der Waals surface area (Å²) in [5.74, 6) is 0.252. The van der Waals surface area contributed by atoms with E-state index in [0.717, 1.165) is 0 Å². The van der Waals surface area contributed by atoms with E-state index in [-0.39, 0.29) is 18.9 Å². The second-order valence-electron chi connectivity index (χ2n) is 3.28. The van der Waals surface area contributed by atoms with Crippen LogP contribution in [0, 0.1) is 0 Å². The number of hydrogen-bond donors (Lipinski definition) is 1. The van der Waals surface area contributed by atoms with E-state index in [1.54, 1.807) is 4.57 Å². The molecule has 2 N–H and O–H groups in total. The highest BCUT2D eigenvalue weighted by Crippen LogP contribution is 2.13. The largest absolute Gasteiger partial charge is 0.382 e. The van der Waals surface area contributed by atoms with E-state index >= 15 is 0 Å². The minimum Gasteiger partial charge on any atom is -0.382 e. The molecule has 0 spiro atoms. The molecule has 84 valence electrons. The van der Waals surface area contributed by atoms with E-state index in [0.29, 0.717) is 17.0 Å². The Hall–Kier alpha value is -2.02. The van der Waals surface area contributed by atoms with Crippen LogP contribution in [-0.4, -0.2) is 39.0 Å². The summed E-state index contributed by atoms with van der Waals surface area (Å²) in [5.41, 5.74) is 6.68. The minimum atomic E-state index is -0.0565. The SMILES string of the molecule is COCC(=O)Cn1cnc2c(N)ncnc21. The number of rotatable bonds is 4. The summed E-state index contributed by atoms with van der Waals surface area (Å²) in [7, 11) is 1.48. The molecule has 0 saturated heterocycles. The van der Waals surface area contributed by atoms with Gasteiger partial charge in [-0.15, -0.1) is 0 Å². The number of ketones is 1. The molecule has 2 aromatic heterocycles. The van der Waals surface area contributed by atoms with Crippen LogP contribution < -0.4 is 5.73 Å². The summed E-state index contributed by atoms with van der Waals surface area (Å²) >= 11 is 0. The van der Waals surface area contributed by atoms with Gasteiger partial charge in [0.1, 0.15) is 18.5 Å². The van der Waals surface area contributed by atoms with Gasteiger partial charge in [-0.05, 0) is 0 Å². The number of nitrogen functional groups attached to an aromatic ring is 1. The van der Waals surface area contributed by atoms with Crippen molar-refractivity contribution in [2.45, 2.75) is 6.54 Å². The second kappa shape index (κ2) is 4.23. The van der Waals surface area contributed by atoms with Gasteiger partial charge in [0, 0.05) is 7.11 Å². The van der Waals surface area contributed by atoms with Gasteiger partial charge in [-0.25, -0.2) is 15.0 Å².